The Morgan fingerprint density at radius 1 is 1.20 bits per heavy atom. The average molecular weight is 268 g/mol. The molecule has 0 aliphatic carbocycles. The number of nitrogens with zero attached hydrogens (tertiary/aromatic N) is 1. The van der Waals surface area contributed by atoms with E-state index in [4.69, 9.17) is 10.7 Å². The van der Waals surface area contributed by atoms with Crippen LogP contribution in [0.4, 0.5) is 0 Å². The van der Waals surface area contributed by atoms with Gasteiger partial charge in [0.05, 0.1) is 14.6 Å². The van der Waals surface area contributed by atoms with Crippen molar-refractivity contribution in [1.29, 1.82) is 0 Å². The van der Waals surface area contributed by atoms with Gasteiger partial charge >= 0.3 is 9.24 Å². The van der Waals surface area contributed by atoms with Gasteiger partial charge < -0.3 is 0 Å². The van der Waals surface area contributed by atoms with E-state index in [2.05, 4.69) is 3.77 Å². The quantitative estimate of drug-likeness (QED) is 0.769. The molecule has 0 fully saturated rings. The third-order valence-electron chi connectivity index (χ3n) is 1.73. The second kappa shape index (κ2) is 4.11. The molecule has 1 atom stereocenters. The van der Waals surface area contributed by atoms with Crippen molar-refractivity contribution in [2.75, 3.05) is 6.26 Å². The van der Waals surface area contributed by atoms with Gasteiger partial charge in [0.2, 0.25) is 0 Å². The van der Waals surface area contributed by atoms with E-state index in [9.17, 15) is 12.6 Å². The van der Waals surface area contributed by atoms with Crippen molar-refractivity contribution in [3.63, 3.8) is 0 Å². The molecule has 0 radical (unpaired) electrons. The maximum absolute atomic E-state index is 12.0. The molecule has 1 unspecified atom stereocenters. The number of hydrogen-bond acceptors (Lipinski definition) is 3. The third-order valence-corrected chi connectivity index (χ3v) is 5.36. The van der Waals surface area contributed by atoms with Crippen molar-refractivity contribution >= 4 is 29.6 Å². The monoisotopic (exact) mass is 267 g/mol. The molecule has 0 saturated heterocycles. The van der Waals surface area contributed by atoms with E-state index in [1.165, 1.54) is 6.26 Å². The minimum Gasteiger partial charge on any atom is -0.244 e. The first-order valence-corrected chi connectivity index (χ1v) is 8.15. The highest BCUT2D eigenvalue weighted by molar-refractivity contribution is 8.17. The molecule has 84 valence electrons. The molecule has 4 nitrogen and oxygen atoms in total. The number of aryl methyl sites for hydroxylation is 1. The molecule has 0 N–H and O–H groups in total. The zero-order valence-electron chi connectivity index (χ0n) is 8.18. The fourth-order valence-corrected chi connectivity index (χ4v) is 4.84. The van der Waals surface area contributed by atoms with Crippen LogP contribution in [0.5, 0.6) is 0 Å². The van der Waals surface area contributed by atoms with E-state index in [-0.39, 0.29) is 0 Å². The fraction of sp³-hybridized carbons (Fsp3) is 0.250. The molecule has 1 aromatic rings. The summed E-state index contributed by atoms with van der Waals surface area (Å²) in [5, 5.41) is 0. The standard InChI is InChI=1S/C8H10ClNO3S2/c1-7-5-3-4-6-8(7)14(2,11)10-15(9,12)13/h3-6H,1-2H3. The van der Waals surface area contributed by atoms with E-state index in [1.807, 2.05) is 0 Å². The van der Waals surface area contributed by atoms with E-state index in [0.29, 0.717) is 10.5 Å². The highest BCUT2D eigenvalue weighted by Gasteiger charge is 2.13. The van der Waals surface area contributed by atoms with Crippen molar-refractivity contribution in [2.24, 2.45) is 3.77 Å². The lowest BCUT2D eigenvalue weighted by Gasteiger charge is -2.05. The molecular weight excluding hydrogens is 258 g/mol. The highest BCUT2D eigenvalue weighted by Crippen LogP contribution is 2.18. The van der Waals surface area contributed by atoms with Crippen molar-refractivity contribution in [2.45, 2.75) is 11.8 Å². The zero-order chi connectivity index (χ0) is 11.7. The normalized spacial score (nSPS) is 15.7. The van der Waals surface area contributed by atoms with Gasteiger partial charge in [-0.3, -0.25) is 0 Å². The number of hydrogen-bond donors (Lipinski definition) is 0. The van der Waals surface area contributed by atoms with Crippen LogP contribution in [0.1, 0.15) is 5.56 Å². The van der Waals surface area contributed by atoms with Gasteiger partial charge in [-0.15, -0.1) is 0 Å². The molecule has 0 aliphatic heterocycles. The topological polar surface area (TPSA) is 63.6 Å². The Hall–Kier alpha value is -0.590. The summed E-state index contributed by atoms with van der Waals surface area (Å²) in [6.45, 7) is 1.73. The molecular formula is C8H10ClNO3S2. The maximum Gasteiger partial charge on any atom is 0.347 e. The van der Waals surface area contributed by atoms with Crippen LogP contribution in [0, 0.1) is 6.92 Å². The second-order valence-electron chi connectivity index (χ2n) is 3.05. The highest BCUT2D eigenvalue weighted by atomic mass is 35.7. The Labute approximate surface area is 94.0 Å². The average Bonchev–Trinajstić information content (AvgIpc) is 1.99. The first kappa shape index (κ1) is 12.5. The predicted molar refractivity (Wildman–Crippen MR) is 60.7 cm³/mol. The van der Waals surface area contributed by atoms with Gasteiger partial charge in [-0.05, 0) is 18.6 Å². The Kier molecular flexibility index (Phi) is 3.42. The Morgan fingerprint density at radius 2 is 1.73 bits per heavy atom. The van der Waals surface area contributed by atoms with Gasteiger partial charge in [-0.25, -0.2) is 4.21 Å². The van der Waals surface area contributed by atoms with Gasteiger partial charge in [-0.1, -0.05) is 22.0 Å². The lowest BCUT2D eigenvalue weighted by atomic mass is 10.2. The lowest BCUT2D eigenvalue weighted by molar-refractivity contribution is 0.611. The van der Waals surface area contributed by atoms with Gasteiger partial charge in [-0.2, -0.15) is 8.42 Å². The Bertz CT molecular complexity index is 586. The summed E-state index contributed by atoms with van der Waals surface area (Å²) in [4.78, 5) is 0.384. The molecule has 0 amide bonds. The molecule has 0 aromatic heterocycles. The zero-order valence-corrected chi connectivity index (χ0v) is 10.6. The van der Waals surface area contributed by atoms with E-state index in [1.54, 1.807) is 31.2 Å². The molecule has 0 aliphatic rings. The summed E-state index contributed by atoms with van der Waals surface area (Å²) in [6.07, 6.45) is 1.25. The van der Waals surface area contributed by atoms with Gasteiger partial charge in [0, 0.05) is 16.9 Å². The van der Waals surface area contributed by atoms with Crippen molar-refractivity contribution in [1.82, 2.24) is 0 Å². The van der Waals surface area contributed by atoms with E-state index in [0.717, 1.165) is 0 Å². The van der Waals surface area contributed by atoms with Crippen LogP contribution in [0.15, 0.2) is 32.9 Å². The summed E-state index contributed by atoms with van der Waals surface area (Å²) < 4.78 is 36.6. The van der Waals surface area contributed by atoms with Gasteiger partial charge in [0.25, 0.3) is 0 Å². The van der Waals surface area contributed by atoms with Crippen LogP contribution in [0.25, 0.3) is 0 Å². The molecule has 1 rings (SSSR count). The van der Waals surface area contributed by atoms with Crippen LogP contribution in [-0.4, -0.2) is 18.9 Å². The summed E-state index contributed by atoms with van der Waals surface area (Å²) in [6, 6.07) is 6.74. The second-order valence-corrected chi connectivity index (χ2v) is 7.69. The van der Waals surface area contributed by atoms with Crippen LogP contribution in [0.3, 0.4) is 0 Å². The maximum atomic E-state index is 12.0. The number of rotatable bonds is 2. The SMILES string of the molecule is Cc1ccccc1S(C)(=O)=NS(=O)(=O)Cl. The van der Waals surface area contributed by atoms with Gasteiger partial charge in [0.1, 0.15) is 0 Å². The predicted octanol–water partition coefficient (Wildman–Crippen LogP) is 1.94. The minimum atomic E-state index is -4.12. The molecule has 15 heavy (non-hydrogen) atoms. The minimum absolute atomic E-state index is 0.384. The Balaban J connectivity index is 3.50. The smallest absolute Gasteiger partial charge is 0.244 e. The van der Waals surface area contributed by atoms with Crippen LogP contribution >= 0.6 is 10.7 Å². The molecule has 0 saturated carbocycles. The third kappa shape index (κ3) is 3.48. The summed E-state index contributed by atoms with van der Waals surface area (Å²) in [7, 11) is -2.17. The van der Waals surface area contributed by atoms with Crippen LogP contribution in [-0.2, 0) is 19.0 Å². The lowest BCUT2D eigenvalue weighted by Crippen LogP contribution is -2.02. The van der Waals surface area contributed by atoms with Crippen LogP contribution in [0.2, 0.25) is 0 Å². The largest absolute Gasteiger partial charge is 0.347 e. The summed E-state index contributed by atoms with van der Waals surface area (Å²) >= 11 is 0. The molecule has 0 heterocycles. The fourth-order valence-electron chi connectivity index (χ4n) is 1.19. The first-order valence-electron chi connectivity index (χ1n) is 3.96. The summed E-state index contributed by atoms with van der Waals surface area (Å²) in [5.74, 6) is 0. The molecule has 7 heteroatoms. The summed E-state index contributed by atoms with van der Waals surface area (Å²) in [5.41, 5.74) is 0.717. The van der Waals surface area contributed by atoms with Crippen LogP contribution < -0.4 is 0 Å². The first-order chi connectivity index (χ1) is 6.72. The molecule has 0 bridgehead atoms. The number of benzene rings is 1. The molecule has 0 spiro atoms. The number of halogens is 1. The van der Waals surface area contributed by atoms with Crippen molar-refractivity contribution < 1.29 is 12.6 Å². The van der Waals surface area contributed by atoms with Gasteiger partial charge in [0.15, 0.2) is 0 Å². The Morgan fingerprint density at radius 3 is 2.20 bits per heavy atom. The molecule has 1 aromatic carbocycles. The van der Waals surface area contributed by atoms with E-state index < -0.39 is 19.0 Å². The van der Waals surface area contributed by atoms with E-state index >= 15 is 0 Å². The van der Waals surface area contributed by atoms with Crippen molar-refractivity contribution in [3.8, 4) is 0 Å². The van der Waals surface area contributed by atoms with Crippen molar-refractivity contribution in [3.05, 3.63) is 29.8 Å².